The molecule has 0 bridgehead atoms. The first-order valence-corrected chi connectivity index (χ1v) is 9.48. The van der Waals surface area contributed by atoms with Crippen LogP contribution in [0.15, 0.2) is 71.6 Å². The highest BCUT2D eigenvalue weighted by Crippen LogP contribution is 2.29. The van der Waals surface area contributed by atoms with Gasteiger partial charge < -0.3 is 14.2 Å². The average Bonchev–Trinajstić information content (AvgIpc) is 2.73. The monoisotopic (exact) mass is 399 g/mol. The number of rotatable bonds is 6. The molecule has 0 aliphatic rings. The van der Waals surface area contributed by atoms with Gasteiger partial charge >= 0.3 is 5.97 Å². The smallest absolute Gasteiger partial charge is 0.339 e. The van der Waals surface area contributed by atoms with Crippen molar-refractivity contribution in [2.24, 2.45) is 0 Å². The van der Waals surface area contributed by atoms with E-state index in [0.29, 0.717) is 5.69 Å². The molecular weight excluding hydrogens is 381 g/mol. The zero-order valence-corrected chi connectivity index (χ0v) is 16.1. The van der Waals surface area contributed by atoms with Crippen LogP contribution in [-0.2, 0) is 15.7 Å². The molecule has 144 valence electrons. The first kappa shape index (κ1) is 19.6. The molecule has 1 unspecified atom stereocenters. The molecule has 0 spiro atoms. The average molecular weight is 399 g/mol. The van der Waals surface area contributed by atoms with Crippen molar-refractivity contribution in [2.45, 2.75) is 4.90 Å². The molecule has 7 heteroatoms. The Morgan fingerprint density at radius 2 is 1.71 bits per heavy atom. The van der Waals surface area contributed by atoms with E-state index in [0.717, 1.165) is 17.2 Å². The standard InChI is InChI=1S/C21H18FNO4S/c1-26-19-11-9-16(22)13-20(19)28(25)23-18-12-15(14-6-4-3-5-7-14)8-10-17(18)21(24)27-2/h3-13,23H,1-2H3. The summed E-state index contributed by atoms with van der Waals surface area (Å²) in [5, 5.41) is 0. The van der Waals surface area contributed by atoms with Crippen LogP contribution in [0.5, 0.6) is 5.75 Å². The zero-order valence-electron chi connectivity index (χ0n) is 15.3. The minimum Gasteiger partial charge on any atom is -0.495 e. The number of anilines is 1. The van der Waals surface area contributed by atoms with Crippen molar-refractivity contribution >= 4 is 22.6 Å². The maximum Gasteiger partial charge on any atom is 0.339 e. The van der Waals surface area contributed by atoms with E-state index < -0.39 is 22.8 Å². The molecule has 0 amide bonds. The summed E-state index contributed by atoms with van der Waals surface area (Å²) in [6.07, 6.45) is 0. The molecule has 0 aliphatic heterocycles. The lowest BCUT2D eigenvalue weighted by atomic mass is 10.0. The van der Waals surface area contributed by atoms with Crippen molar-refractivity contribution in [3.8, 4) is 16.9 Å². The number of halogens is 1. The van der Waals surface area contributed by atoms with Crippen molar-refractivity contribution in [1.29, 1.82) is 0 Å². The lowest BCUT2D eigenvalue weighted by molar-refractivity contribution is 0.0602. The van der Waals surface area contributed by atoms with Gasteiger partial charge in [0, 0.05) is 0 Å². The van der Waals surface area contributed by atoms with Gasteiger partial charge in [0.05, 0.1) is 25.5 Å². The molecule has 5 nitrogen and oxygen atoms in total. The van der Waals surface area contributed by atoms with E-state index in [9.17, 15) is 13.4 Å². The summed E-state index contributed by atoms with van der Waals surface area (Å²) >= 11 is 0. The molecule has 0 radical (unpaired) electrons. The van der Waals surface area contributed by atoms with Gasteiger partial charge in [-0.1, -0.05) is 36.4 Å². The molecular formula is C21H18FNO4S. The third-order valence-corrected chi connectivity index (χ3v) is 5.18. The van der Waals surface area contributed by atoms with E-state index in [-0.39, 0.29) is 16.2 Å². The second kappa shape index (κ2) is 8.67. The molecule has 28 heavy (non-hydrogen) atoms. The molecule has 0 saturated heterocycles. The number of nitrogens with one attached hydrogen (secondary N) is 1. The maximum absolute atomic E-state index is 13.6. The van der Waals surface area contributed by atoms with Gasteiger partial charge in [0.1, 0.15) is 16.5 Å². The number of ether oxygens (including phenoxy) is 2. The summed E-state index contributed by atoms with van der Waals surface area (Å²) in [5.41, 5.74) is 2.26. The number of benzene rings is 3. The largest absolute Gasteiger partial charge is 0.495 e. The Morgan fingerprint density at radius 3 is 2.39 bits per heavy atom. The zero-order chi connectivity index (χ0) is 20.1. The number of hydrogen-bond donors (Lipinski definition) is 1. The van der Waals surface area contributed by atoms with Crippen LogP contribution in [-0.4, -0.2) is 24.4 Å². The summed E-state index contributed by atoms with van der Waals surface area (Å²) in [5.74, 6) is -0.853. The second-order valence-electron chi connectivity index (χ2n) is 5.78. The molecule has 0 fully saturated rings. The lowest BCUT2D eigenvalue weighted by Crippen LogP contribution is -2.12. The Kier molecular flexibility index (Phi) is 6.06. The molecule has 0 aromatic heterocycles. The molecule has 0 heterocycles. The normalized spacial score (nSPS) is 11.5. The fourth-order valence-corrected chi connectivity index (χ4v) is 3.71. The Hall–Kier alpha value is -3.19. The number of methoxy groups -OCH3 is 2. The van der Waals surface area contributed by atoms with Gasteiger partial charge in [0.25, 0.3) is 0 Å². The molecule has 0 aliphatic carbocycles. The van der Waals surface area contributed by atoms with E-state index in [1.807, 2.05) is 30.3 Å². The third kappa shape index (κ3) is 4.20. The topological polar surface area (TPSA) is 64.6 Å². The summed E-state index contributed by atoms with van der Waals surface area (Å²) in [7, 11) is 0.802. The first-order chi connectivity index (χ1) is 13.5. The fourth-order valence-electron chi connectivity index (χ4n) is 2.68. The van der Waals surface area contributed by atoms with Gasteiger partial charge in [-0.2, -0.15) is 0 Å². The van der Waals surface area contributed by atoms with Crippen LogP contribution >= 0.6 is 0 Å². The van der Waals surface area contributed by atoms with Crippen LogP contribution in [0, 0.1) is 5.82 Å². The fraction of sp³-hybridized carbons (Fsp3) is 0.0952. The van der Waals surface area contributed by atoms with Gasteiger partial charge in [-0.3, -0.25) is 0 Å². The van der Waals surface area contributed by atoms with Crippen LogP contribution in [0.1, 0.15) is 10.4 Å². The number of esters is 1. The van der Waals surface area contributed by atoms with Gasteiger partial charge in [0.2, 0.25) is 0 Å². The SMILES string of the molecule is COC(=O)c1ccc(-c2ccccc2)cc1NS(=O)c1cc(F)ccc1OC. The maximum atomic E-state index is 13.6. The van der Waals surface area contributed by atoms with Crippen molar-refractivity contribution in [3.05, 3.63) is 78.1 Å². The summed E-state index contributed by atoms with van der Waals surface area (Å²) in [6, 6.07) is 18.3. The number of carbonyl (C=O) groups is 1. The quantitative estimate of drug-likeness (QED) is 0.623. The third-order valence-electron chi connectivity index (χ3n) is 4.06. The minimum atomic E-state index is -1.87. The van der Waals surface area contributed by atoms with Crippen LogP contribution < -0.4 is 9.46 Å². The van der Waals surface area contributed by atoms with E-state index >= 15 is 0 Å². The van der Waals surface area contributed by atoms with Crippen LogP contribution in [0.4, 0.5) is 10.1 Å². The summed E-state index contributed by atoms with van der Waals surface area (Å²) in [4.78, 5) is 12.3. The lowest BCUT2D eigenvalue weighted by Gasteiger charge is -2.14. The van der Waals surface area contributed by atoms with Gasteiger partial charge in [-0.15, -0.1) is 0 Å². The Labute approximate surface area is 164 Å². The van der Waals surface area contributed by atoms with Crippen molar-refractivity contribution < 1.29 is 22.9 Å². The second-order valence-corrected chi connectivity index (χ2v) is 6.97. The van der Waals surface area contributed by atoms with Gasteiger partial charge in [0.15, 0.2) is 11.0 Å². The molecule has 3 rings (SSSR count). The van der Waals surface area contributed by atoms with E-state index in [1.165, 1.54) is 26.4 Å². The van der Waals surface area contributed by atoms with Crippen LogP contribution in [0.25, 0.3) is 11.1 Å². The molecule has 3 aromatic carbocycles. The first-order valence-electron chi connectivity index (χ1n) is 8.33. The Bertz CT molecular complexity index is 1020. The van der Waals surface area contributed by atoms with Crippen LogP contribution in [0.3, 0.4) is 0 Å². The summed E-state index contributed by atoms with van der Waals surface area (Å²) in [6.45, 7) is 0. The molecule has 3 aromatic rings. The highest BCUT2D eigenvalue weighted by Gasteiger charge is 2.18. The Balaban J connectivity index is 2.03. The predicted molar refractivity (Wildman–Crippen MR) is 106 cm³/mol. The number of carbonyl (C=O) groups excluding carboxylic acids is 1. The molecule has 0 saturated carbocycles. The van der Waals surface area contributed by atoms with Crippen molar-refractivity contribution in [2.75, 3.05) is 18.9 Å². The number of hydrogen-bond acceptors (Lipinski definition) is 4. The predicted octanol–water partition coefficient (Wildman–Crippen LogP) is 4.42. The van der Waals surface area contributed by atoms with Crippen molar-refractivity contribution in [1.82, 2.24) is 0 Å². The highest BCUT2D eigenvalue weighted by molar-refractivity contribution is 7.86. The van der Waals surface area contributed by atoms with Gasteiger partial charge in [-0.05, 0) is 41.5 Å². The van der Waals surface area contributed by atoms with E-state index in [2.05, 4.69) is 4.72 Å². The Morgan fingerprint density at radius 1 is 0.964 bits per heavy atom. The van der Waals surface area contributed by atoms with Crippen LogP contribution in [0.2, 0.25) is 0 Å². The summed E-state index contributed by atoms with van der Waals surface area (Å²) < 4.78 is 39.2. The minimum absolute atomic E-state index is 0.128. The highest BCUT2D eigenvalue weighted by atomic mass is 32.2. The van der Waals surface area contributed by atoms with E-state index in [4.69, 9.17) is 9.47 Å². The molecule has 1 N–H and O–H groups in total. The van der Waals surface area contributed by atoms with E-state index in [1.54, 1.807) is 18.2 Å². The molecule has 1 atom stereocenters. The van der Waals surface area contributed by atoms with Crippen molar-refractivity contribution in [3.63, 3.8) is 0 Å². The van der Waals surface area contributed by atoms with Gasteiger partial charge in [-0.25, -0.2) is 13.4 Å².